The minimum atomic E-state index is -0.124. The van der Waals surface area contributed by atoms with Crippen LogP contribution < -0.4 is 15.0 Å². The smallest absolute Gasteiger partial charge is 0.255 e. The van der Waals surface area contributed by atoms with E-state index >= 15 is 0 Å². The van der Waals surface area contributed by atoms with E-state index in [9.17, 15) is 4.79 Å². The summed E-state index contributed by atoms with van der Waals surface area (Å²) in [6.07, 6.45) is 1.75. The van der Waals surface area contributed by atoms with Crippen molar-refractivity contribution in [2.24, 2.45) is 0 Å². The van der Waals surface area contributed by atoms with Gasteiger partial charge in [0.15, 0.2) is 5.58 Å². The highest BCUT2D eigenvalue weighted by atomic mass is 79.9. The first-order valence-corrected chi connectivity index (χ1v) is 11.9. The molecule has 33 heavy (non-hydrogen) atoms. The predicted octanol–water partition coefficient (Wildman–Crippen LogP) is 4.91. The van der Waals surface area contributed by atoms with Crippen LogP contribution in [0, 0.1) is 0 Å². The normalized spacial score (nSPS) is 14.7. The SMILES string of the molecule is COc1c(C(=O)NCCN2CCN(c3cccc4ccoc34)CC2)cc(Br)c2ccccc12. The first-order chi connectivity index (χ1) is 16.2. The van der Waals surface area contributed by atoms with Crippen LogP contribution in [-0.4, -0.2) is 57.2 Å². The lowest BCUT2D eigenvalue weighted by Crippen LogP contribution is -2.48. The van der Waals surface area contributed by atoms with E-state index < -0.39 is 0 Å². The fourth-order valence-electron chi connectivity index (χ4n) is 4.55. The molecule has 1 aliphatic heterocycles. The first kappa shape index (κ1) is 21.8. The molecule has 170 valence electrons. The molecule has 4 aromatic rings. The first-order valence-electron chi connectivity index (χ1n) is 11.1. The second-order valence-corrected chi connectivity index (χ2v) is 9.04. The van der Waals surface area contributed by atoms with Crippen LogP contribution >= 0.6 is 15.9 Å². The van der Waals surface area contributed by atoms with E-state index in [1.54, 1.807) is 13.4 Å². The molecular formula is C26H26BrN3O3. The quantitative estimate of drug-likeness (QED) is 0.401. The van der Waals surface area contributed by atoms with Crippen molar-refractivity contribution in [3.05, 3.63) is 70.9 Å². The summed E-state index contributed by atoms with van der Waals surface area (Å²) in [5, 5.41) is 6.14. The number of benzene rings is 3. The minimum Gasteiger partial charge on any atom is -0.495 e. The molecule has 1 amide bonds. The zero-order valence-electron chi connectivity index (χ0n) is 18.5. The van der Waals surface area contributed by atoms with Crippen molar-refractivity contribution < 1.29 is 13.9 Å². The van der Waals surface area contributed by atoms with E-state index in [0.717, 1.165) is 64.6 Å². The van der Waals surface area contributed by atoms with Gasteiger partial charge in [-0.3, -0.25) is 9.69 Å². The third-order valence-corrected chi connectivity index (χ3v) is 6.93. The maximum atomic E-state index is 12.9. The van der Waals surface area contributed by atoms with Crippen LogP contribution in [0.4, 0.5) is 5.69 Å². The van der Waals surface area contributed by atoms with Gasteiger partial charge >= 0.3 is 0 Å². The van der Waals surface area contributed by atoms with Crippen LogP contribution in [0.2, 0.25) is 0 Å². The molecule has 7 heteroatoms. The summed E-state index contributed by atoms with van der Waals surface area (Å²) < 4.78 is 12.2. The number of hydrogen-bond acceptors (Lipinski definition) is 5. The Morgan fingerprint density at radius 2 is 1.85 bits per heavy atom. The highest BCUT2D eigenvalue weighted by Gasteiger charge is 2.21. The van der Waals surface area contributed by atoms with Gasteiger partial charge in [0.2, 0.25) is 0 Å². The van der Waals surface area contributed by atoms with Crippen LogP contribution in [0.3, 0.4) is 0 Å². The number of ether oxygens (including phenoxy) is 1. The number of nitrogens with one attached hydrogen (secondary N) is 1. The number of para-hydroxylation sites is 1. The summed E-state index contributed by atoms with van der Waals surface area (Å²) in [5.74, 6) is 0.480. The molecule has 1 fully saturated rings. The molecule has 1 aromatic heterocycles. The van der Waals surface area contributed by atoms with E-state index in [2.05, 4.69) is 49.2 Å². The number of methoxy groups -OCH3 is 1. The maximum Gasteiger partial charge on any atom is 0.255 e. The Balaban J connectivity index is 1.18. The van der Waals surface area contributed by atoms with Crippen molar-refractivity contribution in [2.45, 2.75) is 0 Å². The molecule has 5 rings (SSSR count). The Bertz CT molecular complexity index is 1290. The average molecular weight is 508 g/mol. The molecule has 0 unspecified atom stereocenters. The van der Waals surface area contributed by atoms with Gasteiger partial charge in [0.05, 0.1) is 24.6 Å². The van der Waals surface area contributed by atoms with Gasteiger partial charge in [0, 0.05) is 54.5 Å². The fourth-order valence-corrected chi connectivity index (χ4v) is 5.13. The third kappa shape index (κ3) is 4.30. The maximum absolute atomic E-state index is 12.9. The number of halogens is 1. The highest BCUT2D eigenvalue weighted by Crippen LogP contribution is 2.35. The number of hydrogen-bond donors (Lipinski definition) is 1. The number of carbonyl (C=O) groups excluding carboxylic acids is 1. The van der Waals surface area contributed by atoms with Gasteiger partial charge in [-0.05, 0) is 23.6 Å². The van der Waals surface area contributed by atoms with Crippen LogP contribution in [0.1, 0.15) is 10.4 Å². The molecular weight excluding hydrogens is 482 g/mol. The number of rotatable bonds is 6. The van der Waals surface area contributed by atoms with Crippen molar-refractivity contribution in [1.29, 1.82) is 0 Å². The molecule has 1 aliphatic rings. The van der Waals surface area contributed by atoms with Crippen LogP contribution in [-0.2, 0) is 0 Å². The van der Waals surface area contributed by atoms with Crippen LogP contribution in [0.5, 0.6) is 5.75 Å². The van der Waals surface area contributed by atoms with E-state index in [1.807, 2.05) is 36.4 Å². The second-order valence-electron chi connectivity index (χ2n) is 8.19. The average Bonchev–Trinajstić information content (AvgIpc) is 3.34. The summed E-state index contributed by atoms with van der Waals surface area (Å²) in [6.45, 7) is 5.13. The Labute approximate surface area is 201 Å². The topological polar surface area (TPSA) is 58.0 Å². The van der Waals surface area contributed by atoms with Gasteiger partial charge in [-0.1, -0.05) is 52.3 Å². The van der Waals surface area contributed by atoms with E-state index in [4.69, 9.17) is 9.15 Å². The molecule has 0 aliphatic carbocycles. The van der Waals surface area contributed by atoms with Crippen molar-refractivity contribution in [3.63, 3.8) is 0 Å². The Kier molecular flexibility index (Phi) is 6.24. The van der Waals surface area contributed by atoms with Gasteiger partial charge in [-0.15, -0.1) is 0 Å². The molecule has 0 spiro atoms. The van der Waals surface area contributed by atoms with E-state index in [0.29, 0.717) is 17.9 Å². The Morgan fingerprint density at radius 3 is 2.64 bits per heavy atom. The summed E-state index contributed by atoms with van der Waals surface area (Å²) in [7, 11) is 1.61. The fraction of sp³-hybridized carbons (Fsp3) is 0.269. The monoisotopic (exact) mass is 507 g/mol. The van der Waals surface area contributed by atoms with E-state index in [-0.39, 0.29) is 5.91 Å². The number of carbonyl (C=O) groups is 1. The van der Waals surface area contributed by atoms with Crippen molar-refractivity contribution >= 4 is 49.3 Å². The van der Waals surface area contributed by atoms with E-state index in [1.165, 1.54) is 0 Å². The Morgan fingerprint density at radius 1 is 1.06 bits per heavy atom. The number of furan rings is 1. The largest absolute Gasteiger partial charge is 0.495 e. The summed E-state index contributed by atoms with van der Waals surface area (Å²) in [5.41, 5.74) is 2.65. The molecule has 0 saturated carbocycles. The lowest BCUT2D eigenvalue weighted by molar-refractivity contribution is 0.0945. The summed E-state index contributed by atoms with van der Waals surface area (Å²) in [4.78, 5) is 17.7. The molecule has 2 heterocycles. The van der Waals surface area contributed by atoms with Crippen LogP contribution in [0.25, 0.3) is 21.7 Å². The van der Waals surface area contributed by atoms with Gasteiger partial charge in [-0.2, -0.15) is 0 Å². The van der Waals surface area contributed by atoms with Crippen molar-refractivity contribution in [2.75, 3.05) is 51.3 Å². The number of amides is 1. The van der Waals surface area contributed by atoms with Crippen LogP contribution in [0.15, 0.2) is 69.8 Å². The molecule has 3 aromatic carbocycles. The van der Waals surface area contributed by atoms with Crippen molar-refractivity contribution in [1.82, 2.24) is 10.2 Å². The standard InChI is InChI=1S/C26H26BrN3O3/c1-32-25-20-7-3-2-6-19(20)22(27)17-21(25)26(31)28-10-11-29-12-14-30(15-13-29)23-8-4-5-18-9-16-33-24(18)23/h2-9,16-17H,10-15H2,1H3,(H,28,31). The second kappa shape index (κ2) is 9.45. The molecule has 0 atom stereocenters. The minimum absolute atomic E-state index is 0.124. The molecule has 0 radical (unpaired) electrons. The van der Waals surface area contributed by atoms with Gasteiger partial charge < -0.3 is 19.4 Å². The lowest BCUT2D eigenvalue weighted by atomic mass is 10.0. The summed E-state index contributed by atoms with van der Waals surface area (Å²) in [6, 6.07) is 18.0. The highest BCUT2D eigenvalue weighted by molar-refractivity contribution is 9.10. The zero-order valence-corrected chi connectivity index (χ0v) is 20.1. The number of fused-ring (bicyclic) bond motifs is 2. The zero-order chi connectivity index (χ0) is 22.8. The third-order valence-electron chi connectivity index (χ3n) is 6.28. The number of nitrogens with zero attached hydrogens (tertiary/aromatic N) is 2. The Hall–Kier alpha value is -3.03. The van der Waals surface area contributed by atoms with Crippen molar-refractivity contribution in [3.8, 4) is 5.75 Å². The number of piperazine rings is 1. The molecule has 1 saturated heterocycles. The molecule has 1 N–H and O–H groups in total. The van der Waals surface area contributed by atoms with Gasteiger partial charge in [0.25, 0.3) is 5.91 Å². The van der Waals surface area contributed by atoms with Gasteiger partial charge in [-0.25, -0.2) is 0 Å². The number of anilines is 1. The van der Waals surface area contributed by atoms with Gasteiger partial charge in [0.1, 0.15) is 5.75 Å². The molecule has 6 nitrogen and oxygen atoms in total. The lowest BCUT2D eigenvalue weighted by Gasteiger charge is -2.36. The summed E-state index contributed by atoms with van der Waals surface area (Å²) >= 11 is 3.59. The predicted molar refractivity (Wildman–Crippen MR) is 135 cm³/mol. The molecule has 0 bridgehead atoms.